The number of fused-ring (bicyclic) bond motifs is 1. The molecule has 0 unspecified atom stereocenters. The Labute approximate surface area is 224 Å². The molecule has 2 aromatic rings. The van der Waals surface area contributed by atoms with Crippen molar-refractivity contribution in [1.29, 1.82) is 0 Å². The first-order valence-electron chi connectivity index (χ1n) is 13.3. The van der Waals surface area contributed by atoms with Gasteiger partial charge in [-0.3, -0.25) is 19.2 Å². The first-order valence-corrected chi connectivity index (χ1v) is 13.3. The van der Waals surface area contributed by atoms with Crippen molar-refractivity contribution < 1.29 is 23.9 Å². The van der Waals surface area contributed by atoms with E-state index in [2.05, 4.69) is 16.0 Å². The standard InChI is InChI=1S/C29H38N4O5/c1-4-21(5-2)30-28(36)23-19-26(34)31-24(18-20-12-8-7-9-13-20)29(37)33(6-3)16-17-38-25-15-11-10-14-22(25)27(35)32-23/h7-15,21,23-24H,4-6,16-19H2,1-3H3,(H,30,36)(H,31,34)(H,32,35)/t23-,24+/m0/s1. The third-order valence-corrected chi connectivity index (χ3v) is 6.70. The minimum Gasteiger partial charge on any atom is -0.491 e. The summed E-state index contributed by atoms with van der Waals surface area (Å²) in [4.78, 5) is 54.8. The molecule has 2 atom stereocenters. The fourth-order valence-electron chi connectivity index (χ4n) is 4.42. The number of benzene rings is 2. The average Bonchev–Trinajstić information content (AvgIpc) is 2.93. The molecule has 1 aliphatic rings. The summed E-state index contributed by atoms with van der Waals surface area (Å²) in [6, 6.07) is 14.1. The van der Waals surface area contributed by atoms with Crippen LogP contribution in [0.25, 0.3) is 0 Å². The van der Waals surface area contributed by atoms with Gasteiger partial charge in [0.05, 0.1) is 18.5 Å². The van der Waals surface area contributed by atoms with Gasteiger partial charge < -0.3 is 25.6 Å². The van der Waals surface area contributed by atoms with Crippen LogP contribution in [0, 0.1) is 0 Å². The zero-order chi connectivity index (χ0) is 27.5. The van der Waals surface area contributed by atoms with Crippen molar-refractivity contribution in [1.82, 2.24) is 20.9 Å². The molecule has 0 bridgehead atoms. The number of ether oxygens (including phenoxy) is 1. The average molecular weight is 523 g/mol. The molecule has 3 rings (SSSR count). The number of hydrogen-bond donors (Lipinski definition) is 3. The molecule has 9 nitrogen and oxygen atoms in total. The van der Waals surface area contributed by atoms with Crippen molar-refractivity contribution in [3.8, 4) is 5.75 Å². The Kier molecular flexibility index (Phi) is 10.7. The third kappa shape index (κ3) is 7.81. The number of hydrogen-bond acceptors (Lipinski definition) is 5. The highest BCUT2D eigenvalue weighted by Gasteiger charge is 2.31. The fraction of sp³-hybridized carbons (Fsp3) is 0.448. The van der Waals surface area contributed by atoms with Crippen molar-refractivity contribution in [2.45, 2.75) is 64.6 Å². The van der Waals surface area contributed by atoms with E-state index in [0.29, 0.717) is 31.6 Å². The summed E-state index contributed by atoms with van der Waals surface area (Å²) in [6.07, 6.45) is 1.41. The lowest BCUT2D eigenvalue weighted by Gasteiger charge is -2.28. The highest BCUT2D eigenvalue weighted by molar-refractivity contribution is 6.01. The summed E-state index contributed by atoms with van der Waals surface area (Å²) < 4.78 is 5.91. The Morgan fingerprint density at radius 2 is 1.68 bits per heavy atom. The van der Waals surface area contributed by atoms with E-state index >= 15 is 0 Å². The predicted octanol–water partition coefficient (Wildman–Crippen LogP) is 2.45. The number of carbonyl (C=O) groups is 4. The van der Waals surface area contributed by atoms with Crippen LogP contribution in [0.1, 0.15) is 56.0 Å². The van der Waals surface area contributed by atoms with Gasteiger partial charge in [0, 0.05) is 19.0 Å². The van der Waals surface area contributed by atoms with Gasteiger partial charge in [-0.25, -0.2) is 0 Å². The number of likely N-dealkylation sites (N-methyl/N-ethyl adjacent to an activating group) is 1. The lowest BCUT2D eigenvalue weighted by molar-refractivity contribution is -0.137. The van der Waals surface area contributed by atoms with E-state index in [4.69, 9.17) is 4.74 Å². The highest BCUT2D eigenvalue weighted by Crippen LogP contribution is 2.19. The van der Waals surface area contributed by atoms with Crippen LogP contribution in [-0.4, -0.2) is 66.4 Å². The molecule has 1 heterocycles. The smallest absolute Gasteiger partial charge is 0.255 e. The van der Waals surface area contributed by atoms with Crippen molar-refractivity contribution in [2.75, 3.05) is 19.7 Å². The molecule has 4 amide bonds. The Bertz CT molecular complexity index is 1100. The summed E-state index contributed by atoms with van der Waals surface area (Å²) >= 11 is 0. The molecule has 0 saturated heterocycles. The van der Waals surface area contributed by atoms with Crippen LogP contribution in [0.2, 0.25) is 0 Å². The molecule has 204 valence electrons. The van der Waals surface area contributed by atoms with Crippen molar-refractivity contribution in [2.24, 2.45) is 0 Å². The minimum atomic E-state index is -1.13. The number of para-hydroxylation sites is 1. The Morgan fingerprint density at radius 1 is 1.00 bits per heavy atom. The molecule has 0 aliphatic carbocycles. The van der Waals surface area contributed by atoms with E-state index in [9.17, 15) is 19.2 Å². The van der Waals surface area contributed by atoms with Crippen LogP contribution in [0.3, 0.4) is 0 Å². The second-order valence-electron chi connectivity index (χ2n) is 9.32. The molecule has 0 fully saturated rings. The normalized spacial score (nSPS) is 19.1. The molecular formula is C29H38N4O5. The van der Waals surface area contributed by atoms with Gasteiger partial charge in [0.1, 0.15) is 24.4 Å². The number of nitrogens with one attached hydrogen (secondary N) is 3. The van der Waals surface area contributed by atoms with Gasteiger partial charge in [-0.15, -0.1) is 0 Å². The topological polar surface area (TPSA) is 117 Å². The summed E-state index contributed by atoms with van der Waals surface area (Å²) in [6.45, 7) is 6.65. The number of nitrogens with zero attached hydrogens (tertiary/aromatic N) is 1. The summed E-state index contributed by atoms with van der Waals surface area (Å²) in [7, 11) is 0. The molecule has 0 radical (unpaired) electrons. The molecular weight excluding hydrogens is 484 g/mol. The van der Waals surface area contributed by atoms with Gasteiger partial charge in [0.2, 0.25) is 17.7 Å². The lowest BCUT2D eigenvalue weighted by Crippen LogP contribution is -2.54. The molecule has 1 aliphatic heterocycles. The highest BCUT2D eigenvalue weighted by atomic mass is 16.5. The fourth-order valence-corrected chi connectivity index (χ4v) is 4.42. The van der Waals surface area contributed by atoms with Crippen molar-refractivity contribution >= 4 is 23.6 Å². The van der Waals surface area contributed by atoms with E-state index in [1.807, 2.05) is 51.1 Å². The van der Waals surface area contributed by atoms with E-state index in [1.165, 1.54) is 0 Å². The number of carbonyl (C=O) groups excluding carboxylic acids is 4. The molecule has 0 saturated carbocycles. The number of rotatable bonds is 7. The quantitative estimate of drug-likeness (QED) is 0.517. The SMILES string of the molecule is CCC(CC)NC(=O)[C@@H]1CC(=O)N[C@H](Cc2ccccc2)C(=O)N(CC)CCOc2ccccc2C(=O)N1. The van der Waals surface area contributed by atoms with Gasteiger partial charge in [-0.1, -0.05) is 56.3 Å². The minimum absolute atomic E-state index is 0.0864. The van der Waals surface area contributed by atoms with E-state index in [1.54, 1.807) is 29.2 Å². The third-order valence-electron chi connectivity index (χ3n) is 6.70. The Morgan fingerprint density at radius 3 is 2.37 bits per heavy atom. The van der Waals surface area contributed by atoms with Crippen LogP contribution < -0.4 is 20.7 Å². The van der Waals surface area contributed by atoms with Gasteiger partial charge in [0.15, 0.2) is 0 Å². The summed E-state index contributed by atoms with van der Waals surface area (Å²) in [5, 5.41) is 8.47. The van der Waals surface area contributed by atoms with Crippen molar-refractivity contribution in [3.63, 3.8) is 0 Å². The van der Waals surface area contributed by atoms with Crippen LogP contribution in [-0.2, 0) is 20.8 Å². The van der Waals surface area contributed by atoms with Crippen LogP contribution in [0.4, 0.5) is 0 Å². The Hall–Kier alpha value is -3.88. The molecule has 9 heteroatoms. The lowest BCUT2D eigenvalue weighted by atomic mass is 10.0. The zero-order valence-electron chi connectivity index (χ0n) is 22.4. The Balaban J connectivity index is 1.94. The van der Waals surface area contributed by atoms with Gasteiger partial charge >= 0.3 is 0 Å². The van der Waals surface area contributed by atoms with E-state index in [0.717, 1.165) is 5.56 Å². The predicted molar refractivity (Wildman–Crippen MR) is 145 cm³/mol. The van der Waals surface area contributed by atoms with Crippen molar-refractivity contribution in [3.05, 3.63) is 65.7 Å². The molecule has 3 N–H and O–H groups in total. The van der Waals surface area contributed by atoms with E-state index in [-0.39, 0.29) is 37.1 Å². The van der Waals surface area contributed by atoms with Gasteiger partial charge in [-0.05, 0) is 37.5 Å². The molecule has 38 heavy (non-hydrogen) atoms. The molecule has 2 aromatic carbocycles. The first kappa shape index (κ1) is 28.7. The maximum atomic E-state index is 13.5. The monoisotopic (exact) mass is 522 g/mol. The first-order chi connectivity index (χ1) is 18.4. The largest absolute Gasteiger partial charge is 0.491 e. The second kappa shape index (κ2) is 14.2. The maximum Gasteiger partial charge on any atom is 0.255 e. The van der Waals surface area contributed by atoms with Crippen LogP contribution >= 0.6 is 0 Å². The van der Waals surface area contributed by atoms with E-state index < -0.39 is 29.8 Å². The van der Waals surface area contributed by atoms with Gasteiger partial charge in [-0.2, -0.15) is 0 Å². The second-order valence-corrected chi connectivity index (χ2v) is 9.32. The van der Waals surface area contributed by atoms with Crippen LogP contribution in [0.5, 0.6) is 5.75 Å². The summed E-state index contributed by atoms with van der Waals surface area (Å²) in [5.74, 6) is -1.36. The summed E-state index contributed by atoms with van der Waals surface area (Å²) in [5.41, 5.74) is 1.14. The van der Waals surface area contributed by atoms with Crippen LogP contribution in [0.15, 0.2) is 54.6 Å². The maximum absolute atomic E-state index is 13.5. The zero-order valence-corrected chi connectivity index (χ0v) is 22.4. The van der Waals surface area contributed by atoms with Gasteiger partial charge in [0.25, 0.3) is 5.91 Å². The molecule has 0 aromatic heterocycles. The number of amides is 4. The molecule has 0 spiro atoms.